The van der Waals surface area contributed by atoms with E-state index in [9.17, 15) is 14.4 Å². The first kappa shape index (κ1) is 19.2. The zero-order valence-corrected chi connectivity index (χ0v) is 16.3. The first-order valence-electron chi connectivity index (χ1n) is 9.86. The number of Topliss-reactive ketones (excluding diaryl/α,β-unsaturated/α-hetero) is 1. The Labute approximate surface area is 169 Å². The van der Waals surface area contributed by atoms with Crippen LogP contribution in [0.5, 0.6) is 11.5 Å². The SMILES string of the molecule is COc1ccc(C(=O)COc2ccc(N3C(=O)[C@@H]4CCCC[C@H]4C3=O)cc2)cc1. The molecule has 1 heterocycles. The third kappa shape index (κ3) is 3.75. The zero-order valence-electron chi connectivity index (χ0n) is 16.3. The Kier molecular flexibility index (Phi) is 5.34. The number of carbonyl (C=O) groups excluding carboxylic acids is 3. The Bertz CT molecular complexity index is 895. The lowest BCUT2D eigenvalue weighted by molar-refractivity contribution is -0.122. The van der Waals surface area contributed by atoms with E-state index < -0.39 is 0 Å². The van der Waals surface area contributed by atoms with E-state index in [1.807, 2.05) is 0 Å². The van der Waals surface area contributed by atoms with Crippen molar-refractivity contribution in [2.24, 2.45) is 11.8 Å². The minimum atomic E-state index is -0.172. The van der Waals surface area contributed by atoms with Gasteiger partial charge in [0.1, 0.15) is 11.5 Å². The van der Waals surface area contributed by atoms with Crippen LogP contribution in [0.15, 0.2) is 48.5 Å². The van der Waals surface area contributed by atoms with Crippen molar-refractivity contribution >= 4 is 23.3 Å². The van der Waals surface area contributed by atoms with Crippen LogP contribution in [0.1, 0.15) is 36.0 Å². The Morgan fingerprint density at radius 1 is 0.897 bits per heavy atom. The molecule has 4 rings (SSSR count). The molecule has 0 N–H and O–H groups in total. The molecule has 29 heavy (non-hydrogen) atoms. The number of rotatable bonds is 6. The van der Waals surface area contributed by atoms with Crippen molar-refractivity contribution in [3.05, 3.63) is 54.1 Å². The van der Waals surface area contributed by atoms with Crippen molar-refractivity contribution in [3.8, 4) is 11.5 Å². The summed E-state index contributed by atoms with van der Waals surface area (Å²) in [5.41, 5.74) is 1.10. The van der Waals surface area contributed by atoms with Gasteiger partial charge in [-0.3, -0.25) is 19.3 Å². The number of anilines is 1. The Morgan fingerprint density at radius 3 is 2.00 bits per heavy atom. The Morgan fingerprint density at radius 2 is 1.45 bits per heavy atom. The quantitative estimate of drug-likeness (QED) is 0.553. The maximum Gasteiger partial charge on any atom is 0.237 e. The second-order valence-electron chi connectivity index (χ2n) is 7.44. The molecule has 1 saturated heterocycles. The summed E-state index contributed by atoms with van der Waals surface area (Å²) >= 11 is 0. The van der Waals surface area contributed by atoms with E-state index in [4.69, 9.17) is 9.47 Å². The number of imide groups is 1. The molecular formula is C23H23NO5. The lowest BCUT2D eigenvalue weighted by atomic mass is 9.81. The summed E-state index contributed by atoms with van der Waals surface area (Å²) in [6.07, 6.45) is 3.59. The number of ether oxygens (including phenoxy) is 2. The standard InChI is InChI=1S/C23H23NO5/c1-28-17-10-6-15(7-11-17)21(25)14-29-18-12-8-16(9-13-18)24-22(26)19-4-2-3-5-20(19)23(24)27/h6-13,19-20H,2-5,14H2,1H3/t19-,20-/m1/s1. The fraction of sp³-hybridized carbons (Fsp3) is 0.348. The van der Waals surface area contributed by atoms with Crippen LogP contribution in [-0.4, -0.2) is 31.3 Å². The number of amides is 2. The number of nitrogens with zero attached hydrogens (tertiary/aromatic N) is 1. The largest absolute Gasteiger partial charge is 0.497 e. The molecule has 150 valence electrons. The van der Waals surface area contributed by atoms with Crippen molar-refractivity contribution in [2.75, 3.05) is 18.6 Å². The third-order valence-electron chi connectivity index (χ3n) is 5.72. The van der Waals surface area contributed by atoms with E-state index in [0.717, 1.165) is 25.7 Å². The highest BCUT2D eigenvalue weighted by molar-refractivity contribution is 6.22. The third-order valence-corrected chi connectivity index (χ3v) is 5.72. The lowest BCUT2D eigenvalue weighted by Crippen LogP contribution is -2.30. The van der Waals surface area contributed by atoms with Crippen LogP contribution in [-0.2, 0) is 9.59 Å². The number of carbonyl (C=O) groups is 3. The first-order chi connectivity index (χ1) is 14.1. The molecule has 6 heteroatoms. The molecule has 2 aromatic carbocycles. The number of methoxy groups -OCH3 is 1. The number of fused-ring (bicyclic) bond motifs is 1. The molecule has 2 amide bonds. The van der Waals surface area contributed by atoms with Crippen LogP contribution in [0.25, 0.3) is 0 Å². The topological polar surface area (TPSA) is 72.9 Å². The molecule has 0 radical (unpaired) electrons. The maximum atomic E-state index is 12.7. The number of ketones is 1. The van der Waals surface area contributed by atoms with Crippen molar-refractivity contribution in [1.82, 2.24) is 0 Å². The van der Waals surface area contributed by atoms with Crippen LogP contribution < -0.4 is 14.4 Å². The lowest BCUT2D eigenvalue weighted by Gasteiger charge is -2.19. The van der Waals surface area contributed by atoms with E-state index in [1.165, 1.54) is 4.90 Å². The molecule has 0 bridgehead atoms. The van der Waals surface area contributed by atoms with E-state index in [2.05, 4.69) is 0 Å². The van der Waals surface area contributed by atoms with Crippen LogP contribution in [0.3, 0.4) is 0 Å². The smallest absolute Gasteiger partial charge is 0.237 e. The average Bonchev–Trinajstić information content (AvgIpc) is 3.03. The van der Waals surface area contributed by atoms with Gasteiger partial charge in [-0.15, -0.1) is 0 Å². The number of benzene rings is 2. The van der Waals surface area contributed by atoms with Gasteiger partial charge in [0.25, 0.3) is 0 Å². The van der Waals surface area contributed by atoms with Gasteiger partial charge >= 0.3 is 0 Å². The van der Waals surface area contributed by atoms with Gasteiger partial charge in [0.2, 0.25) is 11.8 Å². The molecule has 0 unspecified atom stereocenters. The van der Waals surface area contributed by atoms with Crippen molar-refractivity contribution in [1.29, 1.82) is 0 Å². The van der Waals surface area contributed by atoms with E-state index >= 15 is 0 Å². The highest BCUT2D eigenvalue weighted by Crippen LogP contribution is 2.40. The number of hydrogen-bond donors (Lipinski definition) is 0. The summed E-state index contributed by atoms with van der Waals surface area (Å²) in [6, 6.07) is 13.6. The fourth-order valence-corrected chi connectivity index (χ4v) is 4.12. The van der Waals surface area contributed by atoms with Gasteiger partial charge in [-0.25, -0.2) is 0 Å². The first-order valence-corrected chi connectivity index (χ1v) is 9.86. The van der Waals surface area contributed by atoms with Crippen molar-refractivity contribution in [2.45, 2.75) is 25.7 Å². The molecule has 2 aromatic rings. The van der Waals surface area contributed by atoms with E-state index in [1.54, 1.807) is 55.6 Å². The molecule has 0 aromatic heterocycles. The normalized spacial score (nSPS) is 21.1. The van der Waals surface area contributed by atoms with E-state index in [0.29, 0.717) is 22.7 Å². The second kappa shape index (κ2) is 8.07. The van der Waals surface area contributed by atoms with Gasteiger partial charge in [-0.1, -0.05) is 12.8 Å². The van der Waals surface area contributed by atoms with Gasteiger partial charge in [-0.05, 0) is 61.4 Å². The summed E-state index contributed by atoms with van der Waals surface area (Å²) < 4.78 is 10.7. The molecular weight excluding hydrogens is 370 g/mol. The maximum absolute atomic E-state index is 12.7. The summed E-state index contributed by atoms with van der Waals surface area (Å²) in [5, 5.41) is 0. The second-order valence-corrected chi connectivity index (χ2v) is 7.44. The Hall–Kier alpha value is -3.15. The van der Waals surface area contributed by atoms with Crippen molar-refractivity contribution in [3.63, 3.8) is 0 Å². The van der Waals surface area contributed by atoms with Gasteiger partial charge < -0.3 is 9.47 Å². The minimum Gasteiger partial charge on any atom is -0.497 e. The monoisotopic (exact) mass is 393 g/mol. The predicted molar refractivity (Wildman–Crippen MR) is 107 cm³/mol. The zero-order chi connectivity index (χ0) is 20.4. The molecule has 1 saturated carbocycles. The number of hydrogen-bond acceptors (Lipinski definition) is 5. The van der Waals surface area contributed by atoms with Crippen LogP contribution in [0.4, 0.5) is 5.69 Å². The van der Waals surface area contributed by atoms with E-state index in [-0.39, 0.29) is 36.0 Å². The molecule has 0 spiro atoms. The molecule has 2 fully saturated rings. The highest BCUT2D eigenvalue weighted by Gasteiger charge is 2.48. The molecule has 2 atom stereocenters. The average molecular weight is 393 g/mol. The van der Waals surface area contributed by atoms with Gasteiger partial charge in [0.15, 0.2) is 12.4 Å². The predicted octanol–water partition coefficient (Wildman–Crippen LogP) is 3.64. The molecule has 1 aliphatic heterocycles. The van der Waals surface area contributed by atoms with Gasteiger partial charge in [0, 0.05) is 5.56 Å². The van der Waals surface area contributed by atoms with Gasteiger partial charge in [-0.2, -0.15) is 0 Å². The summed E-state index contributed by atoms with van der Waals surface area (Å²) in [7, 11) is 1.57. The molecule has 6 nitrogen and oxygen atoms in total. The highest BCUT2D eigenvalue weighted by atomic mass is 16.5. The summed E-state index contributed by atoms with van der Waals surface area (Å²) in [5.74, 6) is 0.511. The fourth-order valence-electron chi connectivity index (χ4n) is 4.12. The van der Waals surface area contributed by atoms with Crippen LogP contribution >= 0.6 is 0 Å². The Balaban J connectivity index is 1.39. The van der Waals surface area contributed by atoms with Crippen molar-refractivity contribution < 1.29 is 23.9 Å². The van der Waals surface area contributed by atoms with Crippen LogP contribution in [0, 0.1) is 11.8 Å². The summed E-state index contributed by atoms with van der Waals surface area (Å²) in [6.45, 7) is -0.0998. The van der Waals surface area contributed by atoms with Crippen LogP contribution in [0.2, 0.25) is 0 Å². The van der Waals surface area contributed by atoms with Gasteiger partial charge in [0.05, 0.1) is 24.6 Å². The minimum absolute atomic E-state index is 0.0944. The molecule has 1 aliphatic carbocycles. The molecule has 2 aliphatic rings. The summed E-state index contributed by atoms with van der Waals surface area (Å²) in [4.78, 5) is 38.9.